The zero-order chi connectivity index (χ0) is 21.8. The Labute approximate surface area is 188 Å². The largest absolute Gasteiger partial charge is 0.374 e. The molecule has 0 unspecified atom stereocenters. The van der Waals surface area contributed by atoms with Crippen LogP contribution in [0.5, 0.6) is 0 Å². The van der Waals surface area contributed by atoms with E-state index in [1.54, 1.807) is 6.20 Å². The maximum atomic E-state index is 12.1. The number of rotatable bonds is 5. The highest BCUT2D eigenvalue weighted by molar-refractivity contribution is 5.66. The molecule has 32 heavy (non-hydrogen) atoms. The SMILES string of the molecule is OC(c1ccc(-c2ccccc2)cc1)(c1ccc(-c2ccccc2)cc1)c1ccccn1. The van der Waals surface area contributed by atoms with E-state index < -0.39 is 5.60 Å². The topological polar surface area (TPSA) is 33.1 Å². The smallest absolute Gasteiger partial charge is 0.157 e. The molecule has 0 amide bonds. The van der Waals surface area contributed by atoms with Crippen LogP contribution < -0.4 is 0 Å². The quantitative estimate of drug-likeness (QED) is 0.348. The zero-order valence-corrected chi connectivity index (χ0v) is 17.6. The molecule has 154 valence electrons. The second-order valence-electron chi connectivity index (χ2n) is 7.81. The van der Waals surface area contributed by atoms with Gasteiger partial charge in [0.2, 0.25) is 0 Å². The maximum absolute atomic E-state index is 12.1. The predicted octanol–water partition coefficient (Wildman–Crippen LogP) is 6.70. The standard InChI is InChI=1S/C30H23NO/c32-30(29-13-7-8-22-31-29,27-18-14-25(15-19-27)23-9-3-1-4-10-23)28-20-16-26(17-21-28)24-11-5-2-6-12-24/h1-22,32H. The summed E-state index contributed by atoms with van der Waals surface area (Å²) < 4.78 is 0. The first kappa shape index (κ1) is 19.9. The molecule has 0 radical (unpaired) electrons. The molecule has 0 atom stereocenters. The summed E-state index contributed by atoms with van der Waals surface area (Å²) >= 11 is 0. The van der Waals surface area contributed by atoms with Crippen LogP contribution in [0.4, 0.5) is 0 Å². The van der Waals surface area contributed by atoms with Crippen molar-refractivity contribution in [1.82, 2.24) is 4.98 Å². The molecule has 5 aromatic rings. The van der Waals surface area contributed by atoms with Gasteiger partial charge in [-0.05, 0) is 45.5 Å². The Bertz CT molecular complexity index is 1200. The third-order valence-electron chi connectivity index (χ3n) is 5.86. The van der Waals surface area contributed by atoms with Gasteiger partial charge in [0, 0.05) is 6.20 Å². The predicted molar refractivity (Wildman–Crippen MR) is 130 cm³/mol. The molecule has 0 fully saturated rings. The summed E-state index contributed by atoms with van der Waals surface area (Å²) in [6.07, 6.45) is 1.72. The van der Waals surface area contributed by atoms with Crippen LogP contribution in [0.15, 0.2) is 134 Å². The van der Waals surface area contributed by atoms with Crippen LogP contribution in [0.1, 0.15) is 16.8 Å². The van der Waals surface area contributed by atoms with Crippen molar-refractivity contribution in [1.29, 1.82) is 0 Å². The van der Waals surface area contributed by atoms with E-state index in [1.165, 1.54) is 0 Å². The molecule has 1 heterocycles. The minimum atomic E-state index is -1.36. The number of pyridine rings is 1. The highest BCUT2D eigenvalue weighted by Gasteiger charge is 2.35. The minimum Gasteiger partial charge on any atom is -0.374 e. The van der Waals surface area contributed by atoms with Gasteiger partial charge in [-0.2, -0.15) is 0 Å². The van der Waals surface area contributed by atoms with E-state index in [4.69, 9.17) is 0 Å². The van der Waals surface area contributed by atoms with Crippen molar-refractivity contribution in [2.75, 3.05) is 0 Å². The Morgan fingerprint density at radius 2 is 0.844 bits per heavy atom. The maximum Gasteiger partial charge on any atom is 0.157 e. The monoisotopic (exact) mass is 413 g/mol. The number of hydrogen-bond donors (Lipinski definition) is 1. The average Bonchev–Trinajstić information content (AvgIpc) is 2.90. The summed E-state index contributed by atoms with van der Waals surface area (Å²) in [6, 6.07) is 42.3. The summed E-state index contributed by atoms with van der Waals surface area (Å²) in [5.41, 5.74) is 5.31. The fraction of sp³-hybridized carbons (Fsp3) is 0.0333. The third kappa shape index (κ3) is 3.73. The van der Waals surface area contributed by atoms with Gasteiger partial charge in [-0.3, -0.25) is 4.98 Å². The van der Waals surface area contributed by atoms with Gasteiger partial charge in [0.15, 0.2) is 5.60 Å². The van der Waals surface area contributed by atoms with Gasteiger partial charge >= 0.3 is 0 Å². The van der Waals surface area contributed by atoms with Gasteiger partial charge in [-0.15, -0.1) is 0 Å². The van der Waals surface area contributed by atoms with Crippen molar-refractivity contribution in [2.24, 2.45) is 0 Å². The molecule has 1 N–H and O–H groups in total. The molecule has 2 nitrogen and oxygen atoms in total. The van der Waals surface area contributed by atoms with E-state index in [0.29, 0.717) is 5.69 Å². The minimum absolute atomic E-state index is 0.597. The van der Waals surface area contributed by atoms with E-state index in [1.807, 2.05) is 78.9 Å². The Balaban J connectivity index is 1.58. The number of aliphatic hydroxyl groups is 1. The third-order valence-corrected chi connectivity index (χ3v) is 5.86. The highest BCUT2D eigenvalue weighted by Crippen LogP contribution is 2.37. The lowest BCUT2D eigenvalue weighted by molar-refractivity contribution is 0.121. The van der Waals surface area contributed by atoms with Gasteiger partial charge in [0.05, 0.1) is 5.69 Å². The molecule has 0 aliphatic carbocycles. The van der Waals surface area contributed by atoms with Crippen LogP contribution in [-0.2, 0) is 5.60 Å². The summed E-state index contributed by atoms with van der Waals surface area (Å²) in [5, 5.41) is 12.1. The van der Waals surface area contributed by atoms with Crippen LogP contribution in [0.25, 0.3) is 22.3 Å². The molecule has 2 heteroatoms. The summed E-state index contributed by atoms with van der Waals surface area (Å²) in [7, 11) is 0. The summed E-state index contributed by atoms with van der Waals surface area (Å²) in [6.45, 7) is 0. The first-order chi connectivity index (χ1) is 15.7. The van der Waals surface area contributed by atoms with Gasteiger partial charge in [-0.25, -0.2) is 0 Å². The molecule has 0 saturated heterocycles. The van der Waals surface area contributed by atoms with E-state index in [0.717, 1.165) is 33.4 Å². The number of benzene rings is 4. The van der Waals surface area contributed by atoms with Gasteiger partial charge < -0.3 is 5.11 Å². The Hall–Kier alpha value is -4.01. The van der Waals surface area contributed by atoms with E-state index in [-0.39, 0.29) is 0 Å². The van der Waals surface area contributed by atoms with Gasteiger partial charge in [-0.1, -0.05) is 115 Å². The van der Waals surface area contributed by atoms with Crippen LogP contribution in [0, 0.1) is 0 Å². The lowest BCUT2D eigenvalue weighted by Gasteiger charge is -2.29. The molecule has 0 aliphatic rings. The van der Waals surface area contributed by atoms with Crippen molar-refractivity contribution < 1.29 is 5.11 Å². The zero-order valence-electron chi connectivity index (χ0n) is 17.6. The fourth-order valence-corrected chi connectivity index (χ4v) is 4.11. The normalized spacial score (nSPS) is 11.3. The first-order valence-corrected chi connectivity index (χ1v) is 10.7. The lowest BCUT2D eigenvalue weighted by atomic mass is 9.82. The lowest BCUT2D eigenvalue weighted by Crippen LogP contribution is -2.30. The van der Waals surface area contributed by atoms with Gasteiger partial charge in [0.1, 0.15) is 0 Å². The van der Waals surface area contributed by atoms with Gasteiger partial charge in [0.25, 0.3) is 0 Å². The second-order valence-corrected chi connectivity index (χ2v) is 7.81. The average molecular weight is 414 g/mol. The molecular weight excluding hydrogens is 390 g/mol. The first-order valence-electron chi connectivity index (χ1n) is 10.7. The molecule has 0 saturated carbocycles. The van der Waals surface area contributed by atoms with Crippen molar-refractivity contribution >= 4 is 0 Å². The summed E-state index contributed by atoms with van der Waals surface area (Å²) in [4.78, 5) is 4.51. The van der Waals surface area contributed by atoms with Crippen LogP contribution in [-0.4, -0.2) is 10.1 Å². The van der Waals surface area contributed by atoms with Crippen molar-refractivity contribution in [3.05, 3.63) is 150 Å². The Morgan fingerprint density at radius 1 is 0.438 bits per heavy atom. The van der Waals surface area contributed by atoms with E-state index in [2.05, 4.69) is 53.5 Å². The Morgan fingerprint density at radius 3 is 1.25 bits per heavy atom. The van der Waals surface area contributed by atoms with Crippen LogP contribution in [0.3, 0.4) is 0 Å². The van der Waals surface area contributed by atoms with E-state index in [9.17, 15) is 5.11 Å². The fourth-order valence-electron chi connectivity index (χ4n) is 4.11. The van der Waals surface area contributed by atoms with Crippen LogP contribution >= 0.6 is 0 Å². The number of nitrogens with zero attached hydrogens (tertiary/aromatic N) is 1. The second kappa shape index (κ2) is 8.62. The Kier molecular flexibility index (Phi) is 5.37. The molecule has 0 aliphatic heterocycles. The van der Waals surface area contributed by atoms with Crippen molar-refractivity contribution in [2.45, 2.75) is 5.60 Å². The van der Waals surface area contributed by atoms with Crippen molar-refractivity contribution in [3.63, 3.8) is 0 Å². The number of aromatic nitrogens is 1. The highest BCUT2D eigenvalue weighted by atomic mass is 16.3. The number of hydrogen-bond acceptors (Lipinski definition) is 2. The molecule has 0 bridgehead atoms. The van der Waals surface area contributed by atoms with Crippen molar-refractivity contribution in [3.8, 4) is 22.3 Å². The summed E-state index contributed by atoms with van der Waals surface area (Å²) in [5.74, 6) is 0. The molecule has 1 aromatic heterocycles. The molecule has 4 aromatic carbocycles. The van der Waals surface area contributed by atoms with E-state index >= 15 is 0 Å². The molecular formula is C30H23NO. The molecule has 5 rings (SSSR count). The molecule has 0 spiro atoms. The van der Waals surface area contributed by atoms with Crippen LogP contribution in [0.2, 0.25) is 0 Å².